The summed E-state index contributed by atoms with van der Waals surface area (Å²) in [5.74, 6) is -0.155. The van der Waals surface area contributed by atoms with Gasteiger partial charge in [0.2, 0.25) is 0 Å². The van der Waals surface area contributed by atoms with Crippen molar-refractivity contribution in [3.8, 4) is 0 Å². The Morgan fingerprint density at radius 1 is 1.23 bits per heavy atom. The molecule has 1 saturated heterocycles. The second kappa shape index (κ2) is 9.20. The lowest BCUT2D eigenvalue weighted by molar-refractivity contribution is 0.102. The number of morpholine rings is 1. The molecule has 6 heteroatoms. The van der Waals surface area contributed by atoms with Gasteiger partial charge in [0, 0.05) is 32.0 Å². The Balaban J connectivity index is 1.71. The van der Waals surface area contributed by atoms with E-state index in [-0.39, 0.29) is 5.91 Å². The summed E-state index contributed by atoms with van der Waals surface area (Å²) in [6, 6.07) is 9.72. The van der Waals surface area contributed by atoms with Gasteiger partial charge in [-0.1, -0.05) is 25.5 Å². The molecule has 2 aromatic rings. The maximum atomic E-state index is 12.7. The third-order valence-electron chi connectivity index (χ3n) is 4.36. The molecule has 6 nitrogen and oxygen atoms in total. The van der Waals surface area contributed by atoms with Crippen molar-refractivity contribution in [1.82, 2.24) is 4.98 Å². The molecule has 1 aromatic carbocycles. The van der Waals surface area contributed by atoms with Crippen LogP contribution in [0.25, 0.3) is 0 Å². The Morgan fingerprint density at radius 2 is 2.04 bits per heavy atom. The summed E-state index contributed by atoms with van der Waals surface area (Å²) in [6.07, 6.45) is 5.55. The Morgan fingerprint density at radius 3 is 2.85 bits per heavy atom. The van der Waals surface area contributed by atoms with Crippen LogP contribution in [0.1, 0.15) is 30.1 Å². The van der Waals surface area contributed by atoms with Gasteiger partial charge in [0.05, 0.1) is 35.8 Å². The van der Waals surface area contributed by atoms with Gasteiger partial charge in [-0.2, -0.15) is 0 Å². The van der Waals surface area contributed by atoms with E-state index in [2.05, 4.69) is 27.4 Å². The van der Waals surface area contributed by atoms with Crippen LogP contribution in [0.5, 0.6) is 0 Å². The Kier molecular flexibility index (Phi) is 6.44. The number of anilines is 3. The molecule has 1 aliphatic heterocycles. The first-order valence-electron chi connectivity index (χ1n) is 9.20. The highest BCUT2D eigenvalue weighted by Gasteiger charge is 2.16. The lowest BCUT2D eigenvalue weighted by Gasteiger charge is -2.30. The lowest BCUT2D eigenvalue weighted by atomic mass is 10.2. The van der Waals surface area contributed by atoms with Crippen molar-refractivity contribution in [2.75, 3.05) is 48.4 Å². The number of hydrogen-bond acceptors (Lipinski definition) is 5. The molecule has 26 heavy (non-hydrogen) atoms. The van der Waals surface area contributed by atoms with Gasteiger partial charge in [0.25, 0.3) is 5.91 Å². The Labute approximate surface area is 154 Å². The van der Waals surface area contributed by atoms with Gasteiger partial charge < -0.3 is 20.3 Å². The zero-order valence-electron chi connectivity index (χ0n) is 15.2. The number of pyridine rings is 1. The molecule has 1 aromatic heterocycles. The summed E-state index contributed by atoms with van der Waals surface area (Å²) in [5, 5.41) is 6.33. The van der Waals surface area contributed by atoms with E-state index in [9.17, 15) is 4.79 Å². The molecule has 0 unspecified atom stereocenters. The van der Waals surface area contributed by atoms with Crippen LogP contribution in [0.4, 0.5) is 17.1 Å². The fourth-order valence-electron chi connectivity index (χ4n) is 2.92. The van der Waals surface area contributed by atoms with Crippen molar-refractivity contribution in [2.24, 2.45) is 0 Å². The number of para-hydroxylation sites is 2. The van der Waals surface area contributed by atoms with Gasteiger partial charge in [-0.05, 0) is 24.6 Å². The first kappa shape index (κ1) is 18.2. The average Bonchev–Trinajstić information content (AvgIpc) is 2.69. The molecule has 2 N–H and O–H groups in total. The molecule has 0 radical (unpaired) electrons. The number of amides is 1. The second-order valence-electron chi connectivity index (χ2n) is 6.31. The predicted octanol–water partition coefficient (Wildman–Crippen LogP) is 3.38. The van der Waals surface area contributed by atoms with Crippen LogP contribution < -0.4 is 15.5 Å². The number of aromatic nitrogens is 1. The number of rotatable bonds is 7. The average molecular weight is 354 g/mol. The number of carbonyl (C=O) groups excluding carboxylic acids is 1. The van der Waals surface area contributed by atoms with Gasteiger partial charge in [-0.15, -0.1) is 0 Å². The molecule has 138 valence electrons. The molecule has 1 fully saturated rings. The summed E-state index contributed by atoms with van der Waals surface area (Å²) in [4.78, 5) is 19.1. The molecular formula is C20H26N4O2. The third-order valence-corrected chi connectivity index (χ3v) is 4.36. The van der Waals surface area contributed by atoms with Gasteiger partial charge in [-0.3, -0.25) is 9.78 Å². The van der Waals surface area contributed by atoms with Crippen LogP contribution in [0.15, 0.2) is 42.7 Å². The summed E-state index contributed by atoms with van der Waals surface area (Å²) in [7, 11) is 0. The second-order valence-corrected chi connectivity index (χ2v) is 6.31. The molecule has 1 aliphatic rings. The SMILES string of the molecule is CCCCNc1cncc(C(=O)Nc2ccccc2N2CCOCC2)c1. The van der Waals surface area contributed by atoms with Crippen LogP contribution in [-0.2, 0) is 4.74 Å². The fraction of sp³-hybridized carbons (Fsp3) is 0.400. The van der Waals surface area contributed by atoms with Crippen molar-refractivity contribution in [2.45, 2.75) is 19.8 Å². The highest BCUT2D eigenvalue weighted by Crippen LogP contribution is 2.27. The van der Waals surface area contributed by atoms with Gasteiger partial charge >= 0.3 is 0 Å². The standard InChI is InChI=1S/C20H26N4O2/c1-2-3-8-22-17-13-16(14-21-15-17)20(25)23-18-6-4-5-7-19(18)24-9-11-26-12-10-24/h4-7,13-15,22H,2-3,8-12H2,1H3,(H,23,25). The molecular weight excluding hydrogens is 328 g/mol. The number of ether oxygens (including phenoxy) is 1. The molecule has 0 atom stereocenters. The number of nitrogens with one attached hydrogen (secondary N) is 2. The summed E-state index contributed by atoms with van der Waals surface area (Å²) >= 11 is 0. The summed E-state index contributed by atoms with van der Waals surface area (Å²) < 4.78 is 5.42. The molecule has 0 spiro atoms. The molecule has 2 heterocycles. The van der Waals surface area contributed by atoms with Gasteiger partial charge in [0.15, 0.2) is 0 Å². The van der Waals surface area contributed by atoms with E-state index in [0.717, 1.165) is 49.5 Å². The van der Waals surface area contributed by atoms with Crippen LogP contribution in [0.2, 0.25) is 0 Å². The number of unbranched alkanes of at least 4 members (excludes halogenated alkanes) is 1. The van der Waals surface area contributed by atoms with Gasteiger partial charge in [-0.25, -0.2) is 0 Å². The van der Waals surface area contributed by atoms with Crippen LogP contribution >= 0.6 is 0 Å². The maximum absolute atomic E-state index is 12.7. The van der Waals surface area contributed by atoms with Crippen LogP contribution in [-0.4, -0.2) is 43.7 Å². The Hall–Kier alpha value is -2.60. The molecule has 0 aliphatic carbocycles. The monoisotopic (exact) mass is 354 g/mol. The Bertz CT molecular complexity index is 729. The number of hydrogen-bond donors (Lipinski definition) is 2. The topological polar surface area (TPSA) is 66.5 Å². The van der Waals surface area contributed by atoms with Crippen molar-refractivity contribution >= 4 is 23.0 Å². The molecule has 3 rings (SSSR count). The normalized spacial score (nSPS) is 14.1. The van der Waals surface area contributed by atoms with Crippen LogP contribution in [0, 0.1) is 0 Å². The number of benzene rings is 1. The third kappa shape index (κ3) is 4.73. The van der Waals surface area contributed by atoms with Crippen molar-refractivity contribution in [1.29, 1.82) is 0 Å². The highest BCUT2D eigenvalue weighted by molar-refractivity contribution is 6.06. The minimum absolute atomic E-state index is 0.155. The zero-order chi connectivity index (χ0) is 18.2. The smallest absolute Gasteiger partial charge is 0.257 e. The molecule has 0 bridgehead atoms. The van der Waals surface area contributed by atoms with E-state index in [1.807, 2.05) is 30.3 Å². The zero-order valence-corrected chi connectivity index (χ0v) is 15.2. The van der Waals surface area contributed by atoms with E-state index in [0.29, 0.717) is 18.8 Å². The first-order valence-corrected chi connectivity index (χ1v) is 9.20. The fourth-order valence-corrected chi connectivity index (χ4v) is 2.92. The maximum Gasteiger partial charge on any atom is 0.257 e. The van der Waals surface area contributed by atoms with E-state index in [1.165, 1.54) is 0 Å². The molecule has 1 amide bonds. The van der Waals surface area contributed by atoms with E-state index in [1.54, 1.807) is 12.4 Å². The number of carbonyl (C=O) groups is 1. The lowest BCUT2D eigenvalue weighted by Crippen LogP contribution is -2.36. The minimum Gasteiger partial charge on any atom is -0.384 e. The van der Waals surface area contributed by atoms with Crippen molar-refractivity contribution in [3.63, 3.8) is 0 Å². The van der Waals surface area contributed by atoms with E-state index in [4.69, 9.17) is 4.74 Å². The van der Waals surface area contributed by atoms with E-state index >= 15 is 0 Å². The largest absolute Gasteiger partial charge is 0.384 e. The van der Waals surface area contributed by atoms with Crippen molar-refractivity contribution < 1.29 is 9.53 Å². The summed E-state index contributed by atoms with van der Waals surface area (Å²) in [6.45, 7) is 6.09. The highest BCUT2D eigenvalue weighted by atomic mass is 16.5. The number of nitrogens with zero attached hydrogens (tertiary/aromatic N) is 2. The molecule has 0 saturated carbocycles. The van der Waals surface area contributed by atoms with E-state index < -0.39 is 0 Å². The predicted molar refractivity (Wildman–Crippen MR) is 105 cm³/mol. The van der Waals surface area contributed by atoms with Gasteiger partial charge in [0.1, 0.15) is 0 Å². The van der Waals surface area contributed by atoms with Crippen molar-refractivity contribution in [3.05, 3.63) is 48.3 Å². The first-order chi connectivity index (χ1) is 12.8. The van der Waals surface area contributed by atoms with Crippen LogP contribution in [0.3, 0.4) is 0 Å². The minimum atomic E-state index is -0.155. The quantitative estimate of drug-likeness (QED) is 0.746. The summed E-state index contributed by atoms with van der Waals surface area (Å²) in [5.41, 5.74) is 3.24.